The molecule has 0 radical (unpaired) electrons. The van der Waals surface area contributed by atoms with E-state index >= 15 is 0 Å². The number of benzene rings is 5. The lowest BCUT2D eigenvalue weighted by Crippen LogP contribution is -2.31. The molecule has 0 saturated heterocycles. The summed E-state index contributed by atoms with van der Waals surface area (Å²) in [6.07, 6.45) is 34.5. The van der Waals surface area contributed by atoms with Crippen molar-refractivity contribution in [1.82, 2.24) is 0 Å². The van der Waals surface area contributed by atoms with Gasteiger partial charge < -0.3 is 5.73 Å². The number of fused-ring (bicyclic) bond motifs is 3. The monoisotopic (exact) mass is 952 g/mol. The third kappa shape index (κ3) is 15.0. The molecule has 1 heteroatoms. The molecule has 0 saturated carbocycles. The van der Waals surface area contributed by atoms with Gasteiger partial charge in [-0.1, -0.05) is 278 Å². The van der Waals surface area contributed by atoms with Crippen molar-refractivity contribution >= 4 is 11.1 Å². The number of nitrogens with two attached hydrogens (primary N) is 1. The van der Waals surface area contributed by atoms with Crippen LogP contribution in [0, 0.1) is 6.92 Å². The summed E-state index contributed by atoms with van der Waals surface area (Å²) in [6, 6.07) is 47.6. The summed E-state index contributed by atoms with van der Waals surface area (Å²) in [4.78, 5) is 0. The summed E-state index contributed by atoms with van der Waals surface area (Å²) in [7, 11) is 0. The highest BCUT2D eigenvalue weighted by Gasteiger charge is 2.49. The van der Waals surface area contributed by atoms with Gasteiger partial charge in [-0.3, -0.25) is 0 Å². The zero-order chi connectivity index (χ0) is 52.3. The Morgan fingerprint density at radius 1 is 0.639 bits per heavy atom. The van der Waals surface area contributed by atoms with Crippen molar-refractivity contribution in [3.63, 3.8) is 0 Å². The Labute approximate surface area is 437 Å². The van der Waals surface area contributed by atoms with Crippen molar-refractivity contribution in [2.45, 2.75) is 127 Å². The Kier molecular flexibility index (Phi) is 24.6. The van der Waals surface area contributed by atoms with E-state index < -0.39 is 0 Å². The minimum absolute atomic E-state index is 0.378. The normalized spacial score (nSPS) is 17.8. The quantitative estimate of drug-likeness (QED) is 0.139. The van der Waals surface area contributed by atoms with Crippen molar-refractivity contribution < 1.29 is 0 Å². The van der Waals surface area contributed by atoms with E-state index in [2.05, 4.69) is 217 Å². The second kappa shape index (κ2) is 30.7. The van der Waals surface area contributed by atoms with Crippen LogP contribution >= 0.6 is 0 Å². The van der Waals surface area contributed by atoms with Gasteiger partial charge in [-0.25, -0.2) is 0 Å². The summed E-state index contributed by atoms with van der Waals surface area (Å²) in [5.74, 6) is 0. The fourth-order valence-corrected chi connectivity index (χ4v) is 9.73. The second-order valence-corrected chi connectivity index (χ2v) is 17.9. The molecule has 0 aromatic heterocycles. The fraction of sp³-hybridized carbons (Fsp3) is 0.268. The largest absolute Gasteiger partial charge is 0.399 e. The number of hydrogen-bond acceptors (Lipinski definition) is 1. The Morgan fingerprint density at radius 2 is 1.26 bits per heavy atom. The summed E-state index contributed by atoms with van der Waals surface area (Å²) in [5, 5.41) is 0. The third-order valence-electron chi connectivity index (χ3n) is 13.1. The molecule has 0 bridgehead atoms. The van der Waals surface area contributed by atoms with E-state index in [9.17, 15) is 0 Å². The Balaban J connectivity index is 0.000000316. The molecule has 1 unspecified atom stereocenters. The van der Waals surface area contributed by atoms with Crippen molar-refractivity contribution in [3.05, 3.63) is 285 Å². The molecular formula is C71H85N. The number of allylic oxidation sites excluding steroid dienone is 20. The van der Waals surface area contributed by atoms with Crippen molar-refractivity contribution in [3.8, 4) is 11.1 Å². The SMILES string of the molecule is C/C(=C\Cc1ccccc1)c1ccccc1.C=C(N)C=C/C(=C\CCC)c1ccc2c(c1)C(C1=C(C)C=CC1)(C1=C(/C)CC3=C(C=C/C=C\1)C=CCC3)c1ccccc1-2.CC.CC.CC.Cc1ccccc1. The van der Waals surface area contributed by atoms with Gasteiger partial charge in [0.2, 0.25) is 0 Å². The van der Waals surface area contributed by atoms with Crippen LogP contribution in [0.3, 0.4) is 0 Å². The standard InChI is InChI=1S/C42H43N.C16H16.C7H8.3C2H6/c1-5-6-15-33(24-23-31(4)43)35-25-26-37-36-19-10-12-21-40(36)42(41(37)28-35,38-22-13-14-29(38)2)39-20-11-9-17-32-16-7-8-18-34(32)27-30(39)3;1-14(16-10-6-3-7-11-16)12-13-15-8-4-2-5-9-15;1-7-5-3-2-4-6-7;3*1-2/h7,9-17,19-21,23-26,28H,4-6,8,18,22,27,43H2,1-3H3;2-12H,13H2,1H3;2-6H,1H3;3*1-2H3/b17-9?,20-11-,24-23?,33-15+,39-30-;14-12+;;;;. The molecule has 0 spiro atoms. The first kappa shape index (κ1) is 57.6. The van der Waals surface area contributed by atoms with Crippen LogP contribution in [-0.4, -0.2) is 0 Å². The van der Waals surface area contributed by atoms with Gasteiger partial charge in [0, 0.05) is 5.70 Å². The topological polar surface area (TPSA) is 26.0 Å². The number of hydrogen-bond donors (Lipinski definition) is 1. The predicted octanol–water partition coefficient (Wildman–Crippen LogP) is 20.3. The molecule has 5 aromatic rings. The van der Waals surface area contributed by atoms with Crippen LogP contribution in [0.25, 0.3) is 22.3 Å². The maximum atomic E-state index is 5.99. The van der Waals surface area contributed by atoms with E-state index in [1.807, 2.05) is 71.9 Å². The molecular weight excluding hydrogens is 867 g/mol. The van der Waals surface area contributed by atoms with Gasteiger partial charge in [0.25, 0.3) is 0 Å². The van der Waals surface area contributed by atoms with Gasteiger partial charge in [0.05, 0.1) is 5.41 Å². The lowest BCUT2D eigenvalue weighted by Gasteiger charge is -2.38. The lowest BCUT2D eigenvalue weighted by molar-refractivity contribution is 0.708. The zero-order valence-corrected chi connectivity index (χ0v) is 45.9. The molecule has 0 aliphatic heterocycles. The number of aryl methyl sites for hydroxylation is 1. The van der Waals surface area contributed by atoms with Crippen LogP contribution in [0.2, 0.25) is 0 Å². The van der Waals surface area contributed by atoms with Crippen molar-refractivity contribution in [1.29, 1.82) is 0 Å². The highest BCUT2D eigenvalue weighted by atomic mass is 14.5. The smallest absolute Gasteiger partial charge is 0.0681 e. The molecule has 5 aromatic carbocycles. The molecule has 0 amide bonds. The summed E-state index contributed by atoms with van der Waals surface area (Å²) in [6.45, 7) is 27.1. The molecule has 1 atom stereocenters. The van der Waals surface area contributed by atoms with Crippen LogP contribution < -0.4 is 5.73 Å². The maximum absolute atomic E-state index is 5.99. The Hall–Kier alpha value is -6.96. The first-order chi connectivity index (χ1) is 35.2. The molecule has 4 aliphatic rings. The Morgan fingerprint density at radius 3 is 1.89 bits per heavy atom. The lowest BCUT2D eigenvalue weighted by atomic mass is 9.63. The van der Waals surface area contributed by atoms with E-state index in [1.54, 1.807) is 5.57 Å². The molecule has 2 N–H and O–H groups in total. The van der Waals surface area contributed by atoms with Crippen molar-refractivity contribution in [2.24, 2.45) is 5.73 Å². The molecule has 1 nitrogen and oxygen atoms in total. The molecule has 0 heterocycles. The van der Waals surface area contributed by atoms with Crippen LogP contribution in [0.15, 0.2) is 252 Å². The van der Waals surface area contributed by atoms with Gasteiger partial charge in [-0.2, -0.15) is 0 Å². The van der Waals surface area contributed by atoms with Gasteiger partial charge in [-0.15, -0.1) is 0 Å². The van der Waals surface area contributed by atoms with E-state index in [-0.39, 0.29) is 5.41 Å². The summed E-state index contributed by atoms with van der Waals surface area (Å²) >= 11 is 0. The maximum Gasteiger partial charge on any atom is 0.0681 e. The van der Waals surface area contributed by atoms with E-state index in [0.717, 1.165) is 44.9 Å². The highest BCUT2D eigenvalue weighted by Crippen LogP contribution is 2.60. The molecule has 4 aliphatic carbocycles. The first-order valence-electron chi connectivity index (χ1n) is 26.9. The molecule has 72 heavy (non-hydrogen) atoms. The summed E-state index contributed by atoms with van der Waals surface area (Å²) in [5.41, 5.74) is 28.0. The van der Waals surface area contributed by atoms with Crippen LogP contribution in [0.5, 0.6) is 0 Å². The van der Waals surface area contributed by atoms with Gasteiger partial charge in [-0.05, 0) is 145 Å². The average molecular weight is 952 g/mol. The van der Waals surface area contributed by atoms with Crippen LogP contribution in [0.1, 0.15) is 141 Å². The Bertz CT molecular complexity index is 2810. The molecule has 374 valence electrons. The second-order valence-electron chi connectivity index (χ2n) is 17.9. The highest BCUT2D eigenvalue weighted by molar-refractivity contribution is 5.89. The van der Waals surface area contributed by atoms with E-state index in [4.69, 9.17) is 5.73 Å². The fourth-order valence-electron chi connectivity index (χ4n) is 9.73. The van der Waals surface area contributed by atoms with Gasteiger partial charge in [0.15, 0.2) is 0 Å². The van der Waals surface area contributed by atoms with Gasteiger partial charge in [0.1, 0.15) is 0 Å². The number of unbranched alkanes of at least 4 members (excludes halogenated alkanes) is 1. The average Bonchev–Trinajstić information content (AvgIpc) is 4.01. The number of rotatable bonds is 10. The molecule has 0 fully saturated rings. The van der Waals surface area contributed by atoms with Crippen LogP contribution in [0.4, 0.5) is 0 Å². The first-order valence-corrected chi connectivity index (χ1v) is 26.9. The predicted molar refractivity (Wildman–Crippen MR) is 321 cm³/mol. The van der Waals surface area contributed by atoms with Crippen LogP contribution in [-0.2, 0) is 11.8 Å². The van der Waals surface area contributed by atoms with Gasteiger partial charge >= 0.3 is 0 Å². The minimum Gasteiger partial charge on any atom is -0.399 e. The van der Waals surface area contributed by atoms with E-state index in [1.165, 1.54) is 83.5 Å². The van der Waals surface area contributed by atoms with E-state index in [0.29, 0.717) is 5.70 Å². The minimum atomic E-state index is -0.378. The third-order valence-corrected chi connectivity index (χ3v) is 13.1. The molecule has 9 rings (SSSR count). The van der Waals surface area contributed by atoms with Crippen molar-refractivity contribution in [2.75, 3.05) is 0 Å². The summed E-state index contributed by atoms with van der Waals surface area (Å²) < 4.78 is 0. The zero-order valence-electron chi connectivity index (χ0n) is 45.9.